The molecule has 0 radical (unpaired) electrons. The van der Waals surface area contributed by atoms with Crippen LogP contribution in [-0.2, 0) is 9.59 Å². The average molecular weight is 385 g/mol. The van der Waals surface area contributed by atoms with Crippen LogP contribution in [0.4, 0.5) is 11.4 Å². The Morgan fingerprint density at radius 3 is 2.61 bits per heavy atom. The lowest BCUT2D eigenvalue weighted by atomic mass is 10.2. The number of para-hydroxylation sites is 1. The predicted octanol–water partition coefficient (Wildman–Crippen LogP) is 3.16. The Bertz CT molecular complexity index is 853. The van der Waals surface area contributed by atoms with Crippen LogP contribution < -0.4 is 10.1 Å². The molecule has 1 N–H and O–H groups in total. The molecule has 0 aromatic heterocycles. The van der Waals surface area contributed by atoms with Crippen LogP contribution in [0.5, 0.6) is 5.75 Å². The zero-order valence-corrected chi connectivity index (χ0v) is 15.9. The number of non-ortho nitro benzene ring substituents is 1. The van der Waals surface area contributed by atoms with Crippen molar-refractivity contribution in [2.24, 2.45) is 0 Å². The van der Waals surface area contributed by atoms with Gasteiger partial charge in [0.25, 0.3) is 11.6 Å². The number of nitrogens with zero attached hydrogens (tertiary/aromatic N) is 2. The number of aryl methyl sites for hydroxylation is 1. The number of nitro groups is 1. The highest BCUT2D eigenvalue weighted by molar-refractivity contribution is 5.95. The van der Waals surface area contributed by atoms with Gasteiger partial charge in [0.2, 0.25) is 5.91 Å². The second-order valence-corrected chi connectivity index (χ2v) is 6.22. The smallest absolute Gasteiger partial charge is 0.273 e. The monoisotopic (exact) mass is 385 g/mol. The molecule has 0 unspecified atom stereocenters. The maximum absolute atomic E-state index is 12.5. The van der Waals surface area contributed by atoms with Crippen molar-refractivity contribution in [1.82, 2.24) is 4.90 Å². The molecule has 0 heterocycles. The van der Waals surface area contributed by atoms with E-state index in [-0.39, 0.29) is 36.4 Å². The first-order chi connectivity index (χ1) is 13.4. The fourth-order valence-corrected chi connectivity index (χ4v) is 2.56. The molecule has 2 aromatic carbocycles. The van der Waals surface area contributed by atoms with Crippen LogP contribution in [0.25, 0.3) is 0 Å². The molecule has 0 fully saturated rings. The van der Waals surface area contributed by atoms with Crippen LogP contribution >= 0.6 is 0 Å². The van der Waals surface area contributed by atoms with Crippen molar-refractivity contribution in [3.8, 4) is 5.75 Å². The highest BCUT2D eigenvalue weighted by atomic mass is 16.6. The van der Waals surface area contributed by atoms with Gasteiger partial charge in [-0.05, 0) is 31.0 Å². The Balaban J connectivity index is 1.95. The molecule has 8 heteroatoms. The summed E-state index contributed by atoms with van der Waals surface area (Å²) in [6.45, 7) is 3.79. The molecule has 0 atom stereocenters. The van der Waals surface area contributed by atoms with E-state index in [1.165, 1.54) is 29.2 Å². The van der Waals surface area contributed by atoms with E-state index >= 15 is 0 Å². The highest BCUT2D eigenvalue weighted by Crippen LogP contribution is 2.19. The normalized spacial score (nSPS) is 10.2. The van der Waals surface area contributed by atoms with Crippen molar-refractivity contribution in [3.05, 3.63) is 64.2 Å². The van der Waals surface area contributed by atoms with Gasteiger partial charge in [0.1, 0.15) is 5.75 Å². The van der Waals surface area contributed by atoms with Gasteiger partial charge in [0.15, 0.2) is 6.61 Å². The van der Waals surface area contributed by atoms with Gasteiger partial charge in [-0.25, -0.2) is 0 Å². The standard InChI is InChI=1S/C20H23N3O5/c1-3-11-22(13-19(24)21-18-10-5-4-7-15(18)2)20(25)14-28-17-9-6-8-16(12-17)23(26)27/h4-10,12H,3,11,13-14H2,1-2H3,(H,21,24). The third-order valence-electron chi connectivity index (χ3n) is 3.99. The predicted molar refractivity (Wildman–Crippen MR) is 105 cm³/mol. The number of hydrogen-bond acceptors (Lipinski definition) is 5. The molecule has 0 aliphatic heterocycles. The maximum atomic E-state index is 12.5. The van der Waals surface area contributed by atoms with Crippen molar-refractivity contribution in [2.75, 3.05) is 25.0 Å². The minimum Gasteiger partial charge on any atom is -0.484 e. The summed E-state index contributed by atoms with van der Waals surface area (Å²) in [5, 5.41) is 13.6. The van der Waals surface area contributed by atoms with Crippen molar-refractivity contribution in [1.29, 1.82) is 0 Å². The number of anilines is 1. The molecule has 0 aliphatic rings. The van der Waals surface area contributed by atoms with Gasteiger partial charge in [0.05, 0.1) is 17.5 Å². The number of hydrogen-bond donors (Lipinski definition) is 1. The zero-order valence-electron chi connectivity index (χ0n) is 15.9. The summed E-state index contributed by atoms with van der Waals surface area (Å²) in [4.78, 5) is 36.5. The molecule has 0 saturated carbocycles. The highest BCUT2D eigenvalue weighted by Gasteiger charge is 2.18. The third kappa shape index (κ3) is 6.08. The molecule has 28 heavy (non-hydrogen) atoms. The summed E-state index contributed by atoms with van der Waals surface area (Å²) in [5.74, 6) is -0.442. The van der Waals surface area contributed by atoms with Crippen molar-refractivity contribution < 1.29 is 19.2 Å². The molecule has 148 valence electrons. The number of amides is 2. The van der Waals surface area contributed by atoms with Gasteiger partial charge < -0.3 is 15.0 Å². The van der Waals surface area contributed by atoms with E-state index in [9.17, 15) is 19.7 Å². The number of benzene rings is 2. The largest absolute Gasteiger partial charge is 0.484 e. The summed E-state index contributed by atoms with van der Waals surface area (Å²) in [5.41, 5.74) is 1.51. The van der Waals surface area contributed by atoms with E-state index in [0.29, 0.717) is 18.7 Å². The first kappa shape index (κ1) is 20.9. The van der Waals surface area contributed by atoms with Crippen LogP contribution in [0.2, 0.25) is 0 Å². The first-order valence-corrected chi connectivity index (χ1v) is 8.91. The van der Waals surface area contributed by atoms with Crippen molar-refractivity contribution >= 4 is 23.2 Å². The topological polar surface area (TPSA) is 102 Å². The van der Waals surface area contributed by atoms with E-state index in [4.69, 9.17) is 4.74 Å². The van der Waals surface area contributed by atoms with Crippen molar-refractivity contribution in [3.63, 3.8) is 0 Å². The van der Waals surface area contributed by atoms with E-state index in [1.54, 1.807) is 6.07 Å². The minimum absolute atomic E-state index is 0.0979. The number of ether oxygens (including phenoxy) is 1. The SMILES string of the molecule is CCCN(CC(=O)Nc1ccccc1C)C(=O)COc1cccc([N+](=O)[O-])c1. The average Bonchev–Trinajstić information content (AvgIpc) is 2.67. The van der Waals surface area contributed by atoms with E-state index in [2.05, 4.69) is 5.32 Å². The second-order valence-electron chi connectivity index (χ2n) is 6.22. The first-order valence-electron chi connectivity index (χ1n) is 8.91. The summed E-state index contributed by atoms with van der Waals surface area (Å²) < 4.78 is 5.38. The lowest BCUT2D eigenvalue weighted by Crippen LogP contribution is -2.41. The number of nitrogens with one attached hydrogen (secondary N) is 1. The third-order valence-corrected chi connectivity index (χ3v) is 3.99. The van der Waals surface area contributed by atoms with Gasteiger partial charge in [-0.15, -0.1) is 0 Å². The number of carbonyl (C=O) groups is 2. The molecule has 2 aromatic rings. The Kier molecular flexibility index (Phi) is 7.50. The lowest BCUT2D eigenvalue weighted by Gasteiger charge is -2.22. The molecular formula is C20H23N3O5. The number of rotatable bonds is 9. The fraction of sp³-hybridized carbons (Fsp3) is 0.300. The maximum Gasteiger partial charge on any atom is 0.273 e. The Hall–Kier alpha value is -3.42. The van der Waals surface area contributed by atoms with Crippen LogP contribution in [0.3, 0.4) is 0 Å². The van der Waals surface area contributed by atoms with Gasteiger partial charge in [-0.2, -0.15) is 0 Å². The van der Waals surface area contributed by atoms with Gasteiger partial charge in [0, 0.05) is 18.3 Å². The summed E-state index contributed by atoms with van der Waals surface area (Å²) >= 11 is 0. The number of carbonyl (C=O) groups excluding carboxylic acids is 2. The number of nitro benzene ring substituents is 1. The zero-order chi connectivity index (χ0) is 20.5. The molecule has 2 amide bonds. The van der Waals surface area contributed by atoms with Gasteiger partial charge >= 0.3 is 0 Å². The molecule has 8 nitrogen and oxygen atoms in total. The fourth-order valence-electron chi connectivity index (χ4n) is 2.56. The molecule has 0 bridgehead atoms. The van der Waals surface area contributed by atoms with E-state index < -0.39 is 4.92 Å². The Morgan fingerprint density at radius 1 is 1.18 bits per heavy atom. The molecular weight excluding hydrogens is 362 g/mol. The molecule has 0 saturated heterocycles. The Labute approximate surface area is 163 Å². The summed E-state index contributed by atoms with van der Waals surface area (Å²) in [6.07, 6.45) is 0.681. The molecule has 2 rings (SSSR count). The van der Waals surface area contributed by atoms with Crippen LogP contribution in [-0.4, -0.2) is 41.3 Å². The van der Waals surface area contributed by atoms with Crippen LogP contribution in [0.15, 0.2) is 48.5 Å². The molecule has 0 spiro atoms. The molecule has 0 aliphatic carbocycles. The minimum atomic E-state index is -0.534. The lowest BCUT2D eigenvalue weighted by molar-refractivity contribution is -0.384. The van der Waals surface area contributed by atoms with E-state index in [1.807, 2.05) is 32.0 Å². The van der Waals surface area contributed by atoms with Crippen molar-refractivity contribution in [2.45, 2.75) is 20.3 Å². The van der Waals surface area contributed by atoms with Gasteiger partial charge in [-0.1, -0.05) is 31.2 Å². The second kappa shape index (κ2) is 10.1. The Morgan fingerprint density at radius 2 is 1.93 bits per heavy atom. The summed E-state index contributed by atoms with van der Waals surface area (Å²) in [6, 6.07) is 13.0. The van der Waals surface area contributed by atoms with E-state index in [0.717, 1.165) is 5.56 Å². The summed E-state index contributed by atoms with van der Waals surface area (Å²) in [7, 11) is 0. The van der Waals surface area contributed by atoms with Gasteiger partial charge in [-0.3, -0.25) is 19.7 Å². The van der Waals surface area contributed by atoms with Crippen LogP contribution in [0, 0.1) is 17.0 Å². The van der Waals surface area contributed by atoms with Crippen LogP contribution in [0.1, 0.15) is 18.9 Å². The quantitative estimate of drug-likeness (QED) is 0.528.